The van der Waals surface area contributed by atoms with Crippen LogP contribution in [0.25, 0.3) is 10.9 Å². The summed E-state index contributed by atoms with van der Waals surface area (Å²) >= 11 is 3.43. The van der Waals surface area contributed by atoms with Crippen LogP contribution in [0.4, 0.5) is 5.82 Å². The highest BCUT2D eigenvalue weighted by Gasteiger charge is 2.29. The number of rotatable bonds is 5. The highest BCUT2D eigenvalue weighted by Crippen LogP contribution is 2.36. The third-order valence-corrected chi connectivity index (χ3v) is 4.83. The van der Waals surface area contributed by atoms with Gasteiger partial charge in [0.1, 0.15) is 12.1 Å². The average molecular weight is 404 g/mol. The minimum Gasteiger partial charge on any atom is -0.493 e. The minimum atomic E-state index is 0.553. The number of aromatic nitrogens is 4. The molecule has 0 bridgehead atoms. The van der Waals surface area contributed by atoms with E-state index in [2.05, 4.69) is 35.9 Å². The monoisotopic (exact) mass is 403 g/mol. The molecule has 0 unspecified atom stereocenters. The van der Waals surface area contributed by atoms with Crippen molar-refractivity contribution in [1.82, 2.24) is 19.7 Å². The van der Waals surface area contributed by atoms with E-state index in [1.807, 2.05) is 29.2 Å². The highest BCUT2D eigenvalue weighted by molar-refractivity contribution is 9.10. The number of methoxy groups -OCH3 is 2. The summed E-state index contributed by atoms with van der Waals surface area (Å²) in [4.78, 5) is 11.1. The number of ether oxygens (including phenoxy) is 2. The van der Waals surface area contributed by atoms with Gasteiger partial charge in [-0.15, -0.1) is 0 Å². The lowest BCUT2D eigenvalue weighted by molar-refractivity contribution is 0.340. The number of hydrogen-bond acceptors (Lipinski definition) is 6. The summed E-state index contributed by atoms with van der Waals surface area (Å²) in [6.45, 7) is 2.79. The first-order chi connectivity index (χ1) is 12.2. The first-order valence-corrected chi connectivity index (χ1v) is 8.77. The molecule has 0 N–H and O–H groups in total. The van der Waals surface area contributed by atoms with Gasteiger partial charge in [0.15, 0.2) is 11.5 Å². The zero-order chi connectivity index (χ0) is 17.4. The summed E-state index contributed by atoms with van der Waals surface area (Å²) in [6, 6.07) is 3.83. The molecule has 0 radical (unpaired) electrons. The molecule has 7 nitrogen and oxygen atoms in total. The molecule has 0 amide bonds. The second kappa shape index (κ2) is 6.51. The van der Waals surface area contributed by atoms with Gasteiger partial charge in [0, 0.05) is 43.2 Å². The van der Waals surface area contributed by atoms with Crippen LogP contribution in [0.2, 0.25) is 0 Å². The van der Waals surface area contributed by atoms with Crippen LogP contribution >= 0.6 is 15.9 Å². The number of fused-ring (bicyclic) bond motifs is 1. The van der Waals surface area contributed by atoms with Crippen LogP contribution in [-0.4, -0.2) is 47.1 Å². The maximum absolute atomic E-state index is 5.42. The minimum absolute atomic E-state index is 0.553. The summed E-state index contributed by atoms with van der Waals surface area (Å²) in [5.74, 6) is 2.84. The average Bonchev–Trinajstić information content (AvgIpc) is 3.01. The second-order valence-corrected chi connectivity index (χ2v) is 6.99. The van der Waals surface area contributed by atoms with Crippen molar-refractivity contribution in [3.63, 3.8) is 0 Å². The van der Waals surface area contributed by atoms with Gasteiger partial charge in [-0.1, -0.05) is 0 Å². The molecule has 1 saturated heterocycles. The van der Waals surface area contributed by atoms with E-state index in [1.165, 1.54) is 0 Å². The SMILES string of the molecule is COc1cc2ncnc(N3CC(Cn4cc(Br)cn4)C3)c2cc1OC. The third-order valence-electron chi connectivity index (χ3n) is 4.42. The summed E-state index contributed by atoms with van der Waals surface area (Å²) < 4.78 is 13.8. The van der Waals surface area contributed by atoms with Gasteiger partial charge in [-0.05, 0) is 22.0 Å². The van der Waals surface area contributed by atoms with Crippen LogP contribution < -0.4 is 14.4 Å². The molecule has 130 valence electrons. The molecule has 1 aliphatic rings. The van der Waals surface area contributed by atoms with Gasteiger partial charge >= 0.3 is 0 Å². The van der Waals surface area contributed by atoms with E-state index in [0.29, 0.717) is 17.4 Å². The van der Waals surface area contributed by atoms with E-state index >= 15 is 0 Å². The predicted molar refractivity (Wildman–Crippen MR) is 98.3 cm³/mol. The standard InChI is InChI=1S/C17H18BrN5O2/c1-24-15-3-13-14(4-16(15)25-2)19-10-20-17(13)22-6-11(7-22)8-23-9-12(18)5-21-23/h3-5,9-11H,6-8H2,1-2H3. The Labute approximate surface area is 153 Å². The van der Waals surface area contributed by atoms with Crippen molar-refractivity contribution in [2.45, 2.75) is 6.54 Å². The smallest absolute Gasteiger partial charge is 0.162 e. The molecule has 0 spiro atoms. The van der Waals surface area contributed by atoms with Crippen molar-refractivity contribution >= 4 is 32.7 Å². The molecule has 8 heteroatoms. The Kier molecular flexibility index (Phi) is 4.20. The van der Waals surface area contributed by atoms with Crippen LogP contribution in [-0.2, 0) is 6.54 Å². The molecule has 1 aromatic carbocycles. The lowest BCUT2D eigenvalue weighted by atomic mass is 9.99. The fourth-order valence-electron chi connectivity index (χ4n) is 3.18. The molecular weight excluding hydrogens is 386 g/mol. The van der Waals surface area contributed by atoms with Crippen molar-refractivity contribution in [3.8, 4) is 11.5 Å². The topological polar surface area (TPSA) is 65.3 Å². The zero-order valence-corrected chi connectivity index (χ0v) is 15.6. The maximum Gasteiger partial charge on any atom is 0.162 e. The molecule has 0 aliphatic carbocycles. The molecule has 25 heavy (non-hydrogen) atoms. The van der Waals surface area contributed by atoms with E-state index in [1.54, 1.807) is 20.5 Å². The zero-order valence-electron chi connectivity index (χ0n) is 14.0. The normalized spacial score (nSPS) is 14.6. The highest BCUT2D eigenvalue weighted by atomic mass is 79.9. The molecule has 4 rings (SSSR count). The Hall–Kier alpha value is -2.35. The van der Waals surface area contributed by atoms with Crippen molar-refractivity contribution in [1.29, 1.82) is 0 Å². The van der Waals surface area contributed by atoms with E-state index < -0.39 is 0 Å². The number of hydrogen-bond donors (Lipinski definition) is 0. The molecule has 3 aromatic rings. The number of nitrogens with zero attached hydrogens (tertiary/aromatic N) is 5. The number of halogens is 1. The van der Waals surface area contributed by atoms with Gasteiger partial charge in [0.05, 0.1) is 30.4 Å². The summed E-state index contributed by atoms with van der Waals surface area (Å²) in [6.07, 6.45) is 5.41. The Balaban J connectivity index is 1.56. The lowest BCUT2D eigenvalue weighted by Crippen LogP contribution is -2.49. The van der Waals surface area contributed by atoms with Gasteiger partial charge in [0.25, 0.3) is 0 Å². The quantitative estimate of drug-likeness (QED) is 0.652. The van der Waals surface area contributed by atoms with Crippen molar-refractivity contribution in [3.05, 3.63) is 35.3 Å². The summed E-state index contributed by atoms with van der Waals surface area (Å²) in [5, 5.41) is 5.29. The summed E-state index contributed by atoms with van der Waals surface area (Å²) in [5.41, 5.74) is 0.849. The fraction of sp³-hybridized carbons (Fsp3) is 0.353. The Morgan fingerprint density at radius 1 is 1.16 bits per heavy atom. The number of anilines is 1. The number of benzene rings is 1. The first-order valence-electron chi connectivity index (χ1n) is 7.97. The molecule has 3 heterocycles. The van der Waals surface area contributed by atoms with Gasteiger partial charge < -0.3 is 14.4 Å². The third kappa shape index (κ3) is 3.02. The van der Waals surface area contributed by atoms with Crippen molar-refractivity contribution in [2.24, 2.45) is 5.92 Å². The van der Waals surface area contributed by atoms with Gasteiger partial charge in [-0.3, -0.25) is 4.68 Å². The predicted octanol–water partition coefficient (Wildman–Crippen LogP) is 2.74. The maximum atomic E-state index is 5.42. The Morgan fingerprint density at radius 3 is 2.60 bits per heavy atom. The van der Waals surface area contributed by atoms with Gasteiger partial charge in [-0.2, -0.15) is 5.10 Å². The molecule has 0 saturated carbocycles. The van der Waals surface area contributed by atoms with Crippen LogP contribution in [0, 0.1) is 5.92 Å². The van der Waals surface area contributed by atoms with E-state index in [4.69, 9.17) is 9.47 Å². The van der Waals surface area contributed by atoms with Gasteiger partial charge in [-0.25, -0.2) is 9.97 Å². The fourth-order valence-corrected chi connectivity index (χ4v) is 3.51. The molecule has 1 aliphatic heterocycles. The molecule has 2 aromatic heterocycles. The largest absolute Gasteiger partial charge is 0.493 e. The van der Waals surface area contributed by atoms with E-state index in [0.717, 1.165) is 40.8 Å². The Morgan fingerprint density at radius 2 is 1.92 bits per heavy atom. The van der Waals surface area contributed by atoms with Crippen LogP contribution in [0.15, 0.2) is 35.3 Å². The summed E-state index contributed by atoms with van der Waals surface area (Å²) in [7, 11) is 3.26. The van der Waals surface area contributed by atoms with Crippen LogP contribution in [0.1, 0.15) is 0 Å². The molecule has 0 atom stereocenters. The van der Waals surface area contributed by atoms with Crippen LogP contribution in [0.3, 0.4) is 0 Å². The van der Waals surface area contributed by atoms with Crippen molar-refractivity contribution < 1.29 is 9.47 Å². The molecule has 1 fully saturated rings. The van der Waals surface area contributed by atoms with E-state index in [-0.39, 0.29) is 0 Å². The second-order valence-electron chi connectivity index (χ2n) is 6.07. The Bertz CT molecular complexity index is 907. The van der Waals surface area contributed by atoms with Gasteiger partial charge in [0.2, 0.25) is 0 Å². The lowest BCUT2D eigenvalue weighted by Gasteiger charge is -2.40. The van der Waals surface area contributed by atoms with Crippen molar-refractivity contribution in [2.75, 3.05) is 32.2 Å². The first kappa shape index (κ1) is 16.1. The van der Waals surface area contributed by atoms with Crippen LogP contribution in [0.5, 0.6) is 11.5 Å². The molecular formula is C17H18BrN5O2. The van der Waals surface area contributed by atoms with E-state index in [9.17, 15) is 0 Å².